The Hall–Kier alpha value is -3.17. The lowest BCUT2D eigenvalue weighted by atomic mass is 10.0. The minimum Gasteiger partial charge on any atom is -0.497 e. The number of hydrogen-bond donors (Lipinski definition) is 0. The zero-order valence-corrected chi connectivity index (χ0v) is 20.6. The third-order valence-electron chi connectivity index (χ3n) is 6.34. The quantitative estimate of drug-likeness (QED) is 0.416. The molecule has 1 atom stereocenters. The van der Waals surface area contributed by atoms with E-state index in [-0.39, 0.29) is 18.4 Å². The molecular formula is C26H20ClF3N2O3S. The molecule has 36 heavy (non-hydrogen) atoms. The first-order valence-electron chi connectivity index (χ1n) is 11.0. The fourth-order valence-electron chi connectivity index (χ4n) is 4.64. The summed E-state index contributed by atoms with van der Waals surface area (Å²) in [5, 5.41) is 0.408. The van der Waals surface area contributed by atoms with Gasteiger partial charge in [0.25, 0.3) is 11.8 Å². The topological polar surface area (TPSA) is 49.9 Å². The van der Waals surface area contributed by atoms with Crippen molar-refractivity contribution >= 4 is 40.9 Å². The number of ether oxygens (including phenoxy) is 1. The molecular weight excluding hydrogens is 513 g/mol. The Morgan fingerprint density at radius 2 is 1.86 bits per heavy atom. The number of carbonyl (C=O) groups excluding carboxylic acids is 2. The number of hydrogen-bond acceptors (Lipinski definition) is 4. The molecule has 1 saturated heterocycles. The maximum atomic E-state index is 14.1. The molecule has 5 nitrogen and oxygen atoms in total. The van der Waals surface area contributed by atoms with Gasteiger partial charge in [-0.1, -0.05) is 29.8 Å². The molecule has 3 aromatic carbocycles. The van der Waals surface area contributed by atoms with Gasteiger partial charge in [-0.3, -0.25) is 9.59 Å². The van der Waals surface area contributed by atoms with Crippen LogP contribution in [0.1, 0.15) is 27.0 Å². The summed E-state index contributed by atoms with van der Waals surface area (Å²) >= 11 is 7.47. The molecule has 1 fully saturated rings. The molecule has 0 aliphatic carbocycles. The van der Waals surface area contributed by atoms with Gasteiger partial charge in [0.05, 0.1) is 24.9 Å². The zero-order chi connectivity index (χ0) is 25.7. The van der Waals surface area contributed by atoms with Crippen LogP contribution in [0.5, 0.6) is 5.75 Å². The van der Waals surface area contributed by atoms with Crippen LogP contribution in [0.15, 0.2) is 66.7 Å². The maximum absolute atomic E-state index is 14.1. The molecule has 2 aliphatic rings. The van der Waals surface area contributed by atoms with Gasteiger partial charge in [0.15, 0.2) is 4.87 Å². The number of rotatable bonds is 4. The standard InChI is InChI=1S/C26H20ClF3N2O3S/c1-35-20-9-10-22-21(14-20)25(32(11-12-36-25)23(33)17-3-2-4-19(27)13-17)24(34)31(22)15-16-5-7-18(8-6-16)26(28,29)30/h2-10,13-14H,11-12,15H2,1H3/t25-/m0/s1. The van der Waals surface area contributed by atoms with Crippen molar-refractivity contribution < 1.29 is 27.5 Å². The van der Waals surface area contributed by atoms with Crippen LogP contribution >= 0.6 is 23.4 Å². The second-order valence-electron chi connectivity index (χ2n) is 8.43. The number of thioether (sulfide) groups is 1. The Kier molecular flexibility index (Phi) is 6.16. The van der Waals surface area contributed by atoms with Gasteiger partial charge < -0.3 is 14.5 Å². The molecule has 0 aromatic heterocycles. The van der Waals surface area contributed by atoms with Crippen LogP contribution < -0.4 is 9.64 Å². The Morgan fingerprint density at radius 1 is 1.11 bits per heavy atom. The van der Waals surface area contributed by atoms with Gasteiger partial charge in [-0.15, -0.1) is 11.8 Å². The van der Waals surface area contributed by atoms with Crippen molar-refractivity contribution in [2.24, 2.45) is 0 Å². The van der Waals surface area contributed by atoms with Gasteiger partial charge in [0.2, 0.25) is 0 Å². The number of alkyl halides is 3. The molecule has 0 N–H and O–H groups in total. The lowest BCUT2D eigenvalue weighted by molar-refractivity contribution is -0.137. The third kappa shape index (κ3) is 4.00. The molecule has 2 aliphatic heterocycles. The van der Waals surface area contributed by atoms with Crippen molar-refractivity contribution in [3.63, 3.8) is 0 Å². The van der Waals surface area contributed by atoms with Gasteiger partial charge in [-0.25, -0.2) is 0 Å². The molecule has 0 unspecified atom stereocenters. The van der Waals surface area contributed by atoms with E-state index in [0.717, 1.165) is 12.1 Å². The molecule has 0 radical (unpaired) electrons. The normalized spacial score (nSPS) is 19.2. The summed E-state index contributed by atoms with van der Waals surface area (Å²) in [6.07, 6.45) is -4.45. The Bertz CT molecular complexity index is 1350. The van der Waals surface area contributed by atoms with Crippen LogP contribution in [-0.4, -0.2) is 36.1 Å². The maximum Gasteiger partial charge on any atom is 0.416 e. The molecule has 2 amide bonds. The molecule has 1 spiro atoms. The van der Waals surface area contributed by atoms with Gasteiger partial charge in [-0.2, -0.15) is 13.2 Å². The van der Waals surface area contributed by atoms with Gasteiger partial charge in [0, 0.05) is 28.4 Å². The van der Waals surface area contributed by atoms with E-state index in [0.29, 0.717) is 45.4 Å². The van der Waals surface area contributed by atoms with Gasteiger partial charge >= 0.3 is 6.18 Å². The van der Waals surface area contributed by atoms with E-state index in [1.54, 1.807) is 47.4 Å². The third-order valence-corrected chi connectivity index (χ3v) is 7.99. The summed E-state index contributed by atoms with van der Waals surface area (Å²) in [4.78, 5) is 29.5. The SMILES string of the molecule is COc1ccc2c(c1)[C@]1(SCCN1C(=O)c1cccc(Cl)c1)C(=O)N2Cc1ccc(C(F)(F)F)cc1. The highest BCUT2D eigenvalue weighted by molar-refractivity contribution is 8.01. The lowest BCUT2D eigenvalue weighted by Crippen LogP contribution is -2.50. The van der Waals surface area contributed by atoms with E-state index in [4.69, 9.17) is 16.3 Å². The fraction of sp³-hybridized carbons (Fsp3) is 0.231. The van der Waals surface area contributed by atoms with Crippen molar-refractivity contribution in [3.05, 3.63) is 94.0 Å². The van der Waals surface area contributed by atoms with Gasteiger partial charge in [-0.05, 0) is 54.1 Å². The highest BCUT2D eigenvalue weighted by Gasteiger charge is 2.59. The smallest absolute Gasteiger partial charge is 0.416 e. The monoisotopic (exact) mass is 532 g/mol. The second kappa shape index (κ2) is 9.05. The first kappa shape index (κ1) is 24.5. The van der Waals surface area contributed by atoms with E-state index in [9.17, 15) is 22.8 Å². The Balaban J connectivity index is 1.56. The summed E-state index contributed by atoms with van der Waals surface area (Å²) < 4.78 is 44.4. The zero-order valence-electron chi connectivity index (χ0n) is 19.0. The molecule has 0 bridgehead atoms. The molecule has 10 heteroatoms. The van der Waals surface area contributed by atoms with Crippen molar-refractivity contribution in [3.8, 4) is 5.75 Å². The first-order valence-corrected chi connectivity index (χ1v) is 12.4. The predicted molar refractivity (Wildman–Crippen MR) is 132 cm³/mol. The predicted octanol–water partition coefficient (Wildman–Crippen LogP) is 5.96. The van der Waals surface area contributed by atoms with Crippen molar-refractivity contribution in [1.82, 2.24) is 4.90 Å². The molecule has 3 aromatic rings. The summed E-state index contributed by atoms with van der Waals surface area (Å²) in [6.45, 7) is 0.393. The van der Waals surface area contributed by atoms with Crippen molar-refractivity contribution in [2.75, 3.05) is 24.3 Å². The first-order chi connectivity index (χ1) is 17.1. The minimum atomic E-state index is -4.45. The number of carbonyl (C=O) groups is 2. The van der Waals surface area contributed by atoms with Crippen molar-refractivity contribution in [2.45, 2.75) is 17.6 Å². The highest BCUT2D eigenvalue weighted by Crippen LogP contribution is 2.55. The number of anilines is 1. The number of fused-ring (bicyclic) bond motifs is 2. The summed E-state index contributed by atoms with van der Waals surface area (Å²) in [6, 6.07) is 16.5. The van der Waals surface area contributed by atoms with E-state index >= 15 is 0 Å². The number of methoxy groups -OCH3 is 1. The van der Waals surface area contributed by atoms with Crippen LogP contribution in [0.4, 0.5) is 18.9 Å². The average molecular weight is 533 g/mol. The number of nitrogens with zero attached hydrogens (tertiary/aromatic N) is 2. The number of benzene rings is 3. The molecule has 2 heterocycles. The fourth-order valence-corrected chi connectivity index (χ4v) is 6.28. The Morgan fingerprint density at radius 3 is 2.53 bits per heavy atom. The summed E-state index contributed by atoms with van der Waals surface area (Å²) in [5.74, 6) is 0.396. The molecule has 186 valence electrons. The van der Waals surface area contributed by atoms with E-state index in [2.05, 4.69) is 0 Å². The average Bonchev–Trinajstić information content (AvgIpc) is 3.40. The summed E-state index contributed by atoms with van der Waals surface area (Å²) in [5.41, 5.74) is 1.33. The molecule has 5 rings (SSSR count). The van der Waals surface area contributed by atoms with Crippen LogP contribution in [0.25, 0.3) is 0 Å². The van der Waals surface area contributed by atoms with Crippen LogP contribution in [-0.2, 0) is 22.4 Å². The highest BCUT2D eigenvalue weighted by atomic mass is 35.5. The van der Waals surface area contributed by atoms with E-state index < -0.39 is 16.6 Å². The Labute approximate surface area is 214 Å². The minimum absolute atomic E-state index is 0.0534. The number of halogens is 4. The largest absolute Gasteiger partial charge is 0.497 e. The van der Waals surface area contributed by atoms with E-state index in [1.807, 2.05) is 0 Å². The number of amides is 2. The molecule has 0 saturated carbocycles. The van der Waals surface area contributed by atoms with Crippen molar-refractivity contribution in [1.29, 1.82) is 0 Å². The van der Waals surface area contributed by atoms with Crippen LogP contribution in [0.2, 0.25) is 5.02 Å². The van der Waals surface area contributed by atoms with Crippen LogP contribution in [0, 0.1) is 0 Å². The van der Waals surface area contributed by atoms with Crippen LogP contribution in [0.3, 0.4) is 0 Å². The van der Waals surface area contributed by atoms with E-state index in [1.165, 1.54) is 35.9 Å². The second-order valence-corrected chi connectivity index (χ2v) is 10.2. The van der Waals surface area contributed by atoms with Gasteiger partial charge in [0.1, 0.15) is 5.75 Å². The summed E-state index contributed by atoms with van der Waals surface area (Å²) in [7, 11) is 1.52. The lowest BCUT2D eigenvalue weighted by Gasteiger charge is -2.33.